The van der Waals surface area contributed by atoms with E-state index in [9.17, 15) is 23.5 Å². The first-order chi connectivity index (χ1) is 18.1. The predicted molar refractivity (Wildman–Crippen MR) is 136 cm³/mol. The number of fused-ring (bicyclic) bond motifs is 1. The Kier molecular flexibility index (Phi) is 7.91. The highest BCUT2D eigenvalue weighted by molar-refractivity contribution is 5.72. The predicted octanol–water partition coefficient (Wildman–Crippen LogP) is 3.69. The van der Waals surface area contributed by atoms with E-state index in [1.165, 1.54) is 33.4 Å². The van der Waals surface area contributed by atoms with Crippen LogP contribution in [0, 0.1) is 6.92 Å². The number of hydrogen-bond donors (Lipinski definition) is 1. The van der Waals surface area contributed by atoms with E-state index in [1.807, 2.05) is 26.0 Å². The van der Waals surface area contributed by atoms with Gasteiger partial charge in [-0.15, -0.1) is 0 Å². The van der Waals surface area contributed by atoms with Gasteiger partial charge in [-0.2, -0.15) is 13.8 Å². The molecule has 0 unspecified atom stereocenters. The summed E-state index contributed by atoms with van der Waals surface area (Å²) in [6.45, 7) is 4.66. The normalized spacial score (nSPS) is 11.7. The molecule has 38 heavy (non-hydrogen) atoms. The van der Waals surface area contributed by atoms with Gasteiger partial charge < -0.3 is 14.6 Å². The van der Waals surface area contributed by atoms with E-state index in [-0.39, 0.29) is 54.8 Å². The van der Waals surface area contributed by atoms with Crippen molar-refractivity contribution in [3.05, 3.63) is 74.7 Å². The first kappa shape index (κ1) is 27.0. The third-order valence-electron chi connectivity index (χ3n) is 5.69. The number of benzene rings is 1. The fourth-order valence-electron chi connectivity index (χ4n) is 4.03. The number of pyridine rings is 1. The van der Waals surface area contributed by atoms with Gasteiger partial charge in [0.25, 0.3) is 5.56 Å². The Morgan fingerprint density at radius 3 is 2.47 bits per heavy atom. The molecule has 0 fully saturated rings. The van der Waals surface area contributed by atoms with Gasteiger partial charge in [-0.1, -0.05) is 19.1 Å². The standard InChI is InChI=1S/C26H29F2N5O5/c1-4-11-31-22-21(23(35)32(25(31)36)12-6-13-34)33(16-18-10-9-17(2)29-15-18)24(30-22)37-19-7-5-8-20(14-19)38-26(3,27)28/h5,7-10,14-15,34H,4,6,11-13,16H2,1-3H3. The second-order valence-corrected chi connectivity index (χ2v) is 8.92. The highest BCUT2D eigenvalue weighted by Crippen LogP contribution is 2.30. The number of hydrogen-bond acceptors (Lipinski definition) is 7. The van der Waals surface area contributed by atoms with Crippen molar-refractivity contribution in [1.29, 1.82) is 0 Å². The molecule has 3 aromatic heterocycles. The zero-order valence-electron chi connectivity index (χ0n) is 21.4. The van der Waals surface area contributed by atoms with Crippen LogP contribution >= 0.6 is 0 Å². The molecule has 0 aliphatic carbocycles. The maximum atomic E-state index is 13.6. The molecule has 0 saturated carbocycles. The molecule has 1 N–H and O–H groups in total. The van der Waals surface area contributed by atoms with Crippen LogP contribution in [0.2, 0.25) is 0 Å². The Bertz CT molecular complexity index is 1540. The van der Waals surface area contributed by atoms with Crippen LogP contribution in [0.3, 0.4) is 0 Å². The highest BCUT2D eigenvalue weighted by Gasteiger charge is 2.25. The lowest BCUT2D eigenvalue weighted by Gasteiger charge is -2.14. The number of aromatic nitrogens is 5. The zero-order valence-corrected chi connectivity index (χ0v) is 21.4. The van der Waals surface area contributed by atoms with Crippen molar-refractivity contribution >= 4 is 11.2 Å². The van der Waals surface area contributed by atoms with Gasteiger partial charge in [0.05, 0.1) is 6.54 Å². The van der Waals surface area contributed by atoms with E-state index < -0.39 is 17.4 Å². The SMILES string of the molecule is CCCn1c(=O)n(CCCO)c(=O)c2c1nc(Oc1cccc(OC(C)(F)F)c1)n2Cc1ccc(C)nc1. The van der Waals surface area contributed by atoms with Gasteiger partial charge in [-0.05, 0) is 43.5 Å². The van der Waals surface area contributed by atoms with Crippen molar-refractivity contribution in [3.8, 4) is 17.5 Å². The number of rotatable bonds is 11. The molecule has 0 bridgehead atoms. The zero-order chi connectivity index (χ0) is 27.4. The lowest BCUT2D eigenvalue weighted by molar-refractivity contribution is -0.159. The molecule has 0 radical (unpaired) electrons. The van der Waals surface area contributed by atoms with Crippen LogP contribution in [0.25, 0.3) is 11.2 Å². The topological polar surface area (TPSA) is 113 Å². The first-order valence-corrected chi connectivity index (χ1v) is 12.2. The van der Waals surface area contributed by atoms with Crippen molar-refractivity contribution in [3.63, 3.8) is 0 Å². The summed E-state index contributed by atoms with van der Waals surface area (Å²) in [5.41, 5.74) is 0.733. The Morgan fingerprint density at radius 2 is 1.82 bits per heavy atom. The largest absolute Gasteiger partial charge is 0.433 e. The fraction of sp³-hybridized carbons (Fsp3) is 0.385. The van der Waals surface area contributed by atoms with Crippen molar-refractivity contribution in [2.45, 2.75) is 59.4 Å². The van der Waals surface area contributed by atoms with Crippen molar-refractivity contribution < 1.29 is 23.4 Å². The lowest BCUT2D eigenvalue weighted by atomic mass is 10.2. The van der Waals surface area contributed by atoms with Crippen LogP contribution in [-0.2, 0) is 19.6 Å². The average molecular weight is 530 g/mol. The summed E-state index contributed by atoms with van der Waals surface area (Å²) in [6, 6.07) is 9.34. The van der Waals surface area contributed by atoms with Crippen LogP contribution in [0.1, 0.15) is 37.9 Å². The molecule has 12 heteroatoms. The number of aliphatic hydroxyl groups is 1. The minimum absolute atomic E-state index is 0.0118. The molecule has 10 nitrogen and oxygen atoms in total. The molecular weight excluding hydrogens is 500 g/mol. The maximum absolute atomic E-state index is 13.6. The molecule has 4 aromatic rings. The second-order valence-electron chi connectivity index (χ2n) is 8.92. The molecule has 202 valence electrons. The summed E-state index contributed by atoms with van der Waals surface area (Å²) in [5, 5.41) is 9.30. The van der Waals surface area contributed by atoms with Crippen LogP contribution in [0.15, 0.2) is 52.2 Å². The summed E-state index contributed by atoms with van der Waals surface area (Å²) in [5.74, 6) is 0.0324. The van der Waals surface area contributed by atoms with Crippen LogP contribution < -0.4 is 20.7 Å². The van der Waals surface area contributed by atoms with Gasteiger partial charge in [-0.25, -0.2) is 4.79 Å². The fourth-order valence-corrected chi connectivity index (χ4v) is 4.03. The molecule has 3 heterocycles. The molecular formula is C26H29F2N5O5. The monoisotopic (exact) mass is 529 g/mol. The minimum Gasteiger partial charge on any atom is -0.433 e. The molecule has 0 aliphatic rings. The molecule has 1 aromatic carbocycles. The summed E-state index contributed by atoms with van der Waals surface area (Å²) in [7, 11) is 0. The van der Waals surface area contributed by atoms with Gasteiger partial charge in [0.15, 0.2) is 11.2 Å². The minimum atomic E-state index is -3.39. The van der Waals surface area contributed by atoms with E-state index in [0.29, 0.717) is 19.9 Å². The van der Waals surface area contributed by atoms with Gasteiger partial charge in [-0.3, -0.25) is 23.5 Å². The number of aryl methyl sites for hydroxylation is 2. The highest BCUT2D eigenvalue weighted by atomic mass is 19.3. The third-order valence-corrected chi connectivity index (χ3v) is 5.69. The number of alkyl halides is 2. The average Bonchev–Trinajstić information content (AvgIpc) is 3.20. The van der Waals surface area contributed by atoms with E-state index in [0.717, 1.165) is 15.8 Å². The smallest absolute Gasteiger partial charge is 0.394 e. The van der Waals surface area contributed by atoms with E-state index in [4.69, 9.17) is 4.74 Å². The molecule has 0 atom stereocenters. The van der Waals surface area contributed by atoms with Crippen LogP contribution in [0.4, 0.5) is 8.78 Å². The van der Waals surface area contributed by atoms with Crippen molar-refractivity contribution in [2.24, 2.45) is 0 Å². The van der Waals surface area contributed by atoms with E-state index in [2.05, 4.69) is 14.7 Å². The Hall–Kier alpha value is -4.06. The first-order valence-electron chi connectivity index (χ1n) is 12.2. The molecule has 4 rings (SSSR count). The summed E-state index contributed by atoms with van der Waals surface area (Å²) in [4.78, 5) is 35.6. The van der Waals surface area contributed by atoms with E-state index in [1.54, 1.807) is 6.20 Å². The van der Waals surface area contributed by atoms with Crippen molar-refractivity contribution in [1.82, 2.24) is 23.7 Å². The van der Waals surface area contributed by atoms with Crippen LogP contribution in [0.5, 0.6) is 17.5 Å². The number of imidazole rings is 1. The number of aliphatic hydroxyl groups excluding tert-OH is 1. The van der Waals surface area contributed by atoms with Crippen LogP contribution in [-0.4, -0.2) is 41.5 Å². The van der Waals surface area contributed by atoms with Gasteiger partial charge in [0.2, 0.25) is 0 Å². The summed E-state index contributed by atoms with van der Waals surface area (Å²) in [6.07, 6.45) is -0.904. The lowest BCUT2D eigenvalue weighted by Crippen LogP contribution is -2.41. The summed E-state index contributed by atoms with van der Waals surface area (Å²) < 4.78 is 41.5. The number of nitrogens with zero attached hydrogens (tertiary/aromatic N) is 5. The van der Waals surface area contributed by atoms with Gasteiger partial charge in [0.1, 0.15) is 11.5 Å². The Balaban J connectivity index is 1.91. The second kappa shape index (κ2) is 11.1. The third kappa shape index (κ3) is 5.91. The molecule has 0 saturated heterocycles. The summed E-state index contributed by atoms with van der Waals surface area (Å²) >= 11 is 0. The van der Waals surface area contributed by atoms with E-state index >= 15 is 0 Å². The van der Waals surface area contributed by atoms with Gasteiger partial charge in [0, 0.05) is 44.6 Å². The number of ether oxygens (including phenoxy) is 2. The van der Waals surface area contributed by atoms with Crippen molar-refractivity contribution in [2.75, 3.05) is 6.61 Å². The number of halogens is 2. The quantitative estimate of drug-likeness (QED) is 0.315. The molecule has 0 aliphatic heterocycles. The molecule has 0 amide bonds. The Labute approximate surface area is 216 Å². The van der Waals surface area contributed by atoms with Gasteiger partial charge >= 0.3 is 17.8 Å². The Morgan fingerprint density at radius 1 is 1.05 bits per heavy atom. The maximum Gasteiger partial charge on any atom is 0.394 e. The molecule has 0 spiro atoms.